The molecule has 0 unspecified atom stereocenters. The van der Waals surface area contributed by atoms with Crippen molar-refractivity contribution in [2.45, 2.75) is 44.9 Å². The third kappa shape index (κ3) is 5.55. The van der Waals surface area contributed by atoms with Gasteiger partial charge < -0.3 is 15.5 Å². The molecule has 2 N–H and O–H groups in total. The first kappa shape index (κ1) is 19.4. The van der Waals surface area contributed by atoms with E-state index in [9.17, 15) is 14.4 Å². The summed E-state index contributed by atoms with van der Waals surface area (Å²) in [6.45, 7) is 1.60. The van der Waals surface area contributed by atoms with Crippen LogP contribution in [0.2, 0.25) is 0 Å². The van der Waals surface area contributed by atoms with Gasteiger partial charge in [0.2, 0.25) is 17.7 Å². The van der Waals surface area contributed by atoms with Gasteiger partial charge in [0.05, 0.1) is 0 Å². The number of amides is 3. The van der Waals surface area contributed by atoms with Crippen molar-refractivity contribution in [1.82, 2.24) is 10.2 Å². The molecule has 2 fully saturated rings. The molecule has 3 amide bonds. The van der Waals surface area contributed by atoms with Crippen molar-refractivity contribution in [3.05, 3.63) is 30.3 Å². The fourth-order valence-electron chi connectivity index (χ4n) is 3.94. The van der Waals surface area contributed by atoms with E-state index in [2.05, 4.69) is 10.6 Å². The summed E-state index contributed by atoms with van der Waals surface area (Å²) < 4.78 is 0. The molecule has 146 valence electrons. The Bertz CT molecular complexity index is 648. The highest BCUT2D eigenvalue weighted by Crippen LogP contribution is 2.24. The zero-order valence-corrected chi connectivity index (χ0v) is 15.8. The smallest absolute Gasteiger partial charge is 0.227 e. The van der Waals surface area contributed by atoms with Crippen LogP contribution >= 0.6 is 0 Å². The third-order valence-corrected chi connectivity index (χ3v) is 5.62. The molecule has 1 aromatic rings. The number of rotatable bonds is 6. The molecular formula is C21H29N3O3. The van der Waals surface area contributed by atoms with E-state index in [0.717, 1.165) is 31.4 Å². The maximum atomic E-state index is 12.4. The molecule has 1 aromatic carbocycles. The van der Waals surface area contributed by atoms with Crippen LogP contribution in [0.25, 0.3) is 0 Å². The number of nitrogens with one attached hydrogen (secondary N) is 2. The molecular weight excluding hydrogens is 342 g/mol. The minimum Gasteiger partial charge on any atom is -0.355 e. The van der Waals surface area contributed by atoms with E-state index < -0.39 is 0 Å². The quantitative estimate of drug-likeness (QED) is 0.807. The van der Waals surface area contributed by atoms with E-state index in [-0.39, 0.29) is 29.6 Å². The second-order valence-corrected chi connectivity index (χ2v) is 7.53. The van der Waals surface area contributed by atoms with Crippen molar-refractivity contribution in [2.24, 2.45) is 11.8 Å². The van der Waals surface area contributed by atoms with Gasteiger partial charge >= 0.3 is 0 Å². The Morgan fingerprint density at radius 1 is 0.889 bits per heavy atom. The number of anilines is 1. The Kier molecular flexibility index (Phi) is 6.85. The highest BCUT2D eigenvalue weighted by molar-refractivity contribution is 5.92. The lowest BCUT2D eigenvalue weighted by molar-refractivity contribution is -0.134. The lowest BCUT2D eigenvalue weighted by atomic mass is 9.95. The molecule has 0 spiro atoms. The van der Waals surface area contributed by atoms with Crippen LogP contribution in [0.5, 0.6) is 0 Å². The topological polar surface area (TPSA) is 78.5 Å². The van der Waals surface area contributed by atoms with E-state index >= 15 is 0 Å². The third-order valence-electron chi connectivity index (χ3n) is 5.62. The number of hydrogen-bond acceptors (Lipinski definition) is 3. The van der Waals surface area contributed by atoms with Gasteiger partial charge in [0.15, 0.2) is 0 Å². The molecule has 0 atom stereocenters. The Morgan fingerprint density at radius 3 is 2.19 bits per heavy atom. The molecule has 6 nitrogen and oxygen atoms in total. The van der Waals surface area contributed by atoms with Crippen molar-refractivity contribution in [3.63, 3.8) is 0 Å². The van der Waals surface area contributed by atoms with E-state index in [1.807, 2.05) is 35.2 Å². The van der Waals surface area contributed by atoms with Crippen LogP contribution in [0.3, 0.4) is 0 Å². The number of hydrogen-bond donors (Lipinski definition) is 2. The van der Waals surface area contributed by atoms with Gasteiger partial charge in [-0.15, -0.1) is 0 Å². The lowest BCUT2D eigenvalue weighted by Crippen LogP contribution is -2.42. The molecule has 1 saturated heterocycles. The molecule has 1 heterocycles. The van der Waals surface area contributed by atoms with Crippen LogP contribution in [0.4, 0.5) is 5.69 Å². The summed E-state index contributed by atoms with van der Waals surface area (Å²) >= 11 is 0. The molecule has 27 heavy (non-hydrogen) atoms. The van der Waals surface area contributed by atoms with Gasteiger partial charge in [0, 0.05) is 43.6 Å². The predicted molar refractivity (Wildman–Crippen MR) is 104 cm³/mol. The van der Waals surface area contributed by atoms with Crippen molar-refractivity contribution < 1.29 is 14.4 Å². The highest BCUT2D eigenvalue weighted by Gasteiger charge is 2.27. The first-order valence-corrected chi connectivity index (χ1v) is 10.0. The standard InChI is InChI=1S/C21H29N3O3/c25-19(10-13-22-20(26)16-6-4-5-7-16)24-14-11-17(12-15-24)21(27)23-18-8-2-1-3-9-18/h1-3,8-9,16-17H,4-7,10-15H2,(H,22,26)(H,23,27). The summed E-state index contributed by atoms with van der Waals surface area (Å²) in [5.41, 5.74) is 0.805. The highest BCUT2D eigenvalue weighted by atomic mass is 16.2. The van der Waals surface area contributed by atoms with Crippen LogP contribution in [-0.4, -0.2) is 42.3 Å². The van der Waals surface area contributed by atoms with Gasteiger partial charge in [-0.1, -0.05) is 31.0 Å². The fourth-order valence-corrected chi connectivity index (χ4v) is 3.94. The van der Waals surface area contributed by atoms with Gasteiger partial charge in [-0.3, -0.25) is 14.4 Å². The first-order valence-electron chi connectivity index (χ1n) is 10.0. The van der Waals surface area contributed by atoms with Crippen LogP contribution in [0, 0.1) is 11.8 Å². The minimum atomic E-state index is -0.0590. The monoisotopic (exact) mass is 371 g/mol. The van der Waals surface area contributed by atoms with E-state index in [0.29, 0.717) is 38.9 Å². The Morgan fingerprint density at radius 2 is 1.52 bits per heavy atom. The van der Waals surface area contributed by atoms with Crippen LogP contribution in [0.15, 0.2) is 30.3 Å². The van der Waals surface area contributed by atoms with Crippen LogP contribution in [0.1, 0.15) is 44.9 Å². The average molecular weight is 371 g/mol. The summed E-state index contributed by atoms with van der Waals surface area (Å²) in [6.07, 6.45) is 5.89. The Hall–Kier alpha value is -2.37. The van der Waals surface area contributed by atoms with Gasteiger partial charge in [-0.25, -0.2) is 0 Å². The minimum absolute atomic E-state index is 0.0251. The summed E-state index contributed by atoms with van der Waals surface area (Å²) in [7, 11) is 0. The molecule has 1 saturated carbocycles. The molecule has 3 rings (SSSR count). The van der Waals surface area contributed by atoms with E-state index in [1.54, 1.807) is 0 Å². The van der Waals surface area contributed by atoms with Gasteiger partial charge in [-0.05, 0) is 37.8 Å². The molecule has 0 bridgehead atoms. The van der Waals surface area contributed by atoms with Crippen LogP contribution in [-0.2, 0) is 14.4 Å². The number of carbonyl (C=O) groups is 3. The SMILES string of the molecule is O=C(NCCC(=O)N1CCC(C(=O)Nc2ccccc2)CC1)C1CCCC1. The molecule has 1 aliphatic heterocycles. The Balaban J connectivity index is 1.35. The summed E-state index contributed by atoms with van der Waals surface area (Å²) in [6, 6.07) is 9.44. The number of likely N-dealkylation sites (tertiary alicyclic amines) is 1. The average Bonchev–Trinajstić information content (AvgIpc) is 3.23. The molecule has 0 radical (unpaired) electrons. The number of carbonyl (C=O) groups excluding carboxylic acids is 3. The van der Waals surface area contributed by atoms with Crippen molar-refractivity contribution in [3.8, 4) is 0 Å². The second kappa shape index (κ2) is 9.53. The summed E-state index contributed by atoms with van der Waals surface area (Å²) in [5, 5.41) is 5.84. The van der Waals surface area contributed by atoms with Crippen LogP contribution < -0.4 is 10.6 Å². The largest absolute Gasteiger partial charge is 0.355 e. The lowest BCUT2D eigenvalue weighted by Gasteiger charge is -2.31. The molecule has 6 heteroatoms. The van der Waals surface area contributed by atoms with E-state index in [1.165, 1.54) is 0 Å². The van der Waals surface area contributed by atoms with Crippen molar-refractivity contribution in [1.29, 1.82) is 0 Å². The number of piperidine rings is 1. The number of benzene rings is 1. The Labute approximate surface area is 160 Å². The van der Waals surface area contributed by atoms with Gasteiger partial charge in [0.1, 0.15) is 0 Å². The molecule has 0 aromatic heterocycles. The zero-order chi connectivity index (χ0) is 19.1. The summed E-state index contributed by atoms with van der Waals surface area (Å²) in [4.78, 5) is 38.5. The maximum absolute atomic E-state index is 12.4. The fraction of sp³-hybridized carbons (Fsp3) is 0.571. The molecule has 1 aliphatic carbocycles. The normalized spacial score (nSPS) is 18.3. The van der Waals surface area contributed by atoms with Gasteiger partial charge in [0.25, 0.3) is 0 Å². The number of nitrogens with zero attached hydrogens (tertiary/aromatic N) is 1. The molecule has 2 aliphatic rings. The summed E-state index contributed by atoms with van der Waals surface area (Å²) in [5.74, 6) is 0.257. The second-order valence-electron chi connectivity index (χ2n) is 7.53. The zero-order valence-electron chi connectivity index (χ0n) is 15.8. The van der Waals surface area contributed by atoms with Gasteiger partial charge in [-0.2, -0.15) is 0 Å². The predicted octanol–water partition coefficient (Wildman–Crippen LogP) is 2.56. The first-order chi connectivity index (χ1) is 13.1. The van der Waals surface area contributed by atoms with E-state index in [4.69, 9.17) is 0 Å². The van der Waals surface area contributed by atoms with Crippen molar-refractivity contribution in [2.75, 3.05) is 25.0 Å². The number of para-hydroxylation sites is 1. The van der Waals surface area contributed by atoms with Crippen molar-refractivity contribution >= 4 is 23.4 Å². The maximum Gasteiger partial charge on any atom is 0.227 e.